The minimum absolute atomic E-state index is 0.457. The first-order valence-corrected chi connectivity index (χ1v) is 20.9. The Morgan fingerprint density at radius 2 is 0.738 bits per heavy atom. The lowest BCUT2D eigenvalue weighted by Crippen LogP contribution is -2.25. The Morgan fingerprint density at radius 3 is 1.39 bits per heavy atom. The number of fused-ring (bicyclic) bond motifs is 14. The lowest BCUT2D eigenvalue weighted by molar-refractivity contribution is 0.794. The van der Waals surface area contributed by atoms with Gasteiger partial charge in [0.1, 0.15) is 0 Å². The SMILES string of the molecule is c1ccc(-c2nc(-c3ccc(-c4c5ccccc5cc5c4ccc4ccccc45)cc3)nc(-c3ccc4c(c3)C3(c5ccccc5-c5ccccc53)c3ccccc3-4)n2)cc1. The monoisotopic (exact) mass is 773 g/mol. The van der Waals surface area contributed by atoms with Gasteiger partial charge in [0.15, 0.2) is 17.5 Å². The van der Waals surface area contributed by atoms with Crippen LogP contribution >= 0.6 is 0 Å². The number of hydrogen-bond acceptors (Lipinski definition) is 3. The van der Waals surface area contributed by atoms with Gasteiger partial charge in [-0.15, -0.1) is 0 Å². The van der Waals surface area contributed by atoms with E-state index in [0.29, 0.717) is 17.5 Å². The summed E-state index contributed by atoms with van der Waals surface area (Å²) < 4.78 is 0. The molecule has 0 fully saturated rings. The molecule has 3 heteroatoms. The molecule has 0 amide bonds. The molecule has 2 aliphatic carbocycles. The Hall–Kier alpha value is -8.01. The highest BCUT2D eigenvalue weighted by Crippen LogP contribution is 2.63. The van der Waals surface area contributed by atoms with Crippen molar-refractivity contribution in [3.8, 4) is 67.5 Å². The summed E-state index contributed by atoms with van der Waals surface area (Å²) in [5, 5.41) is 7.46. The van der Waals surface area contributed by atoms with E-state index in [1.165, 1.54) is 82.4 Å². The van der Waals surface area contributed by atoms with Crippen molar-refractivity contribution in [3.63, 3.8) is 0 Å². The van der Waals surface area contributed by atoms with Crippen molar-refractivity contribution in [1.82, 2.24) is 15.0 Å². The fourth-order valence-electron chi connectivity index (χ4n) is 10.5. The van der Waals surface area contributed by atoms with Crippen LogP contribution in [0.1, 0.15) is 22.3 Å². The average Bonchev–Trinajstić information content (AvgIpc) is 3.80. The number of hydrogen-bond donors (Lipinski definition) is 0. The minimum Gasteiger partial charge on any atom is -0.208 e. The molecule has 0 saturated carbocycles. The number of nitrogens with zero attached hydrogens (tertiary/aromatic N) is 3. The van der Waals surface area contributed by atoms with Crippen LogP contribution in [0.25, 0.3) is 99.9 Å². The second-order valence-corrected chi connectivity index (χ2v) is 16.3. The third-order valence-electron chi connectivity index (χ3n) is 13.1. The van der Waals surface area contributed by atoms with Crippen molar-refractivity contribution in [2.75, 3.05) is 0 Å². The van der Waals surface area contributed by atoms with E-state index < -0.39 is 5.41 Å². The Kier molecular flexibility index (Phi) is 7.22. The molecule has 1 heterocycles. The zero-order chi connectivity index (χ0) is 40.1. The zero-order valence-electron chi connectivity index (χ0n) is 33.0. The van der Waals surface area contributed by atoms with Gasteiger partial charge in [-0.25, -0.2) is 15.0 Å². The first kappa shape index (κ1) is 33.9. The summed E-state index contributed by atoms with van der Waals surface area (Å²) in [6.07, 6.45) is 0. The molecule has 0 saturated heterocycles. The molecule has 1 spiro atoms. The fourth-order valence-corrected chi connectivity index (χ4v) is 10.5. The summed E-state index contributed by atoms with van der Waals surface area (Å²) in [5.41, 5.74) is 15.0. The van der Waals surface area contributed by atoms with Crippen LogP contribution in [0.3, 0.4) is 0 Å². The lowest BCUT2D eigenvalue weighted by Gasteiger charge is -2.30. The van der Waals surface area contributed by atoms with E-state index in [2.05, 4.69) is 194 Å². The molecule has 0 aliphatic heterocycles. The highest BCUT2D eigenvalue weighted by molar-refractivity contribution is 6.20. The van der Waals surface area contributed by atoms with Crippen LogP contribution in [0.2, 0.25) is 0 Å². The molecule has 0 atom stereocenters. The largest absolute Gasteiger partial charge is 0.208 e. The summed E-state index contributed by atoms with van der Waals surface area (Å²) in [6.45, 7) is 0. The fraction of sp³-hybridized carbons (Fsp3) is 0.0172. The van der Waals surface area contributed by atoms with Gasteiger partial charge >= 0.3 is 0 Å². The van der Waals surface area contributed by atoms with Crippen LogP contribution in [0.4, 0.5) is 0 Å². The number of rotatable bonds is 4. The second kappa shape index (κ2) is 13.0. The quantitative estimate of drug-likeness (QED) is 0.132. The van der Waals surface area contributed by atoms with Crippen molar-refractivity contribution in [2.45, 2.75) is 5.41 Å². The van der Waals surface area contributed by atoms with Crippen molar-refractivity contribution < 1.29 is 0 Å². The van der Waals surface area contributed by atoms with Gasteiger partial charge in [0.05, 0.1) is 5.41 Å². The molecule has 3 nitrogen and oxygen atoms in total. The van der Waals surface area contributed by atoms with Crippen LogP contribution < -0.4 is 0 Å². The van der Waals surface area contributed by atoms with Crippen LogP contribution in [-0.2, 0) is 5.41 Å². The molecule has 10 aromatic carbocycles. The van der Waals surface area contributed by atoms with E-state index in [9.17, 15) is 0 Å². The van der Waals surface area contributed by atoms with E-state index >= 15 is 0 Å². The van der Waals surface area contributed by atoms with Crippen LogP contribution in [-0.4, -0.2) is 15.0 Å². The molecule has 2 aliphatic rings. The maximum absolute atomic E-state index is 5.29. The molecule has 13 rings (SSSR count). The Balaban J connectivity index is 0.989. The molecule has 1 aromatic heterocycles. The third kappa shape index (κ3) is 4.89. The summed E-state index contributed by atoms with van der Waals surface area (Å²) >= 11 is 0. The molecule has 0 N–H and O–H groups in total. The molecule has 0 unspecified atom stereocenters. The Morgan fingerprint density at radius 1 is 0.262 bits per heavy atom. The molecule has 282 valence electrons. The van der Waals surface area contributed by atoms with E-state index in [1.807, 2.05) is 18.2 Å². The lowest BCUT2D eigenvalue weighted by atomic mass is 9.70. The van der Waals surface area contributed by atoms with Crippen molar-refractivity contribution in [3.05, 3.63) is 235 Å². The van der Waals surface area contributed by atoms with Gasteiger partial charge in [-0.3, -0.25) is 0 Å². The maximum atomic E-state index is 5.29. The molecular weight excluding hydrogens is 739 g/mol. The molecular formula is C58H35N3. The van der Waals surface area contributed by atoms with E-state index in [4.69, 9.17) is 15.0 Å². The van der Waals surface area contributed by atoms with E-state index in [1.54, 1.807) is 0 Å². The van der Waals surface area contributed by atoms with Gasteiger partial charge in [0, 0.05) is 16.7 Å². The van der Waals surface area contributed by atoms with Gasteiger partial charge < -0.3 is 0 Å². The van der Waals surface area contributed by atoms with Gasteiger partial charge in [-0.2, -0.15) is 0 Å². The molecule has 0 bridgehead atoms. The highest BCUT2D eigenvalue weighted by Gasteiger charge is 2.51. The summed E-state index contributed by atoms with van der Waals surface area (Å²) in [7, 11) is 0. The smallest absolute Gasteiger partial charge is 0.164 e. The van der Waals surface area contributed by atoms with Crippen molar-refractivity contribution >= 4 is 32.3 Å². The topological polar surface area (TPSA) is 38.7 Å². The number of benzene rings is 10. The summed E-state index contributed by atoms with van der Waals surface area (Å²) in [6, 6.07) is 76.8. The molecule has 61 heavy (non-hydrogen) atoms. The summed E-state index contributed by atoms with van der Waals surface area (Å²) in [4.78, 5) is 15.7. The maximum Gasteiger partial charge on any atom is 0.164 e. The summed E-state index contributed by atoms with van der Waals surface area (Å²) in [5.74, 6) is 1.93. The van der Waals surface area contributed by atoms with E-state index in [0.717, 1.165) is 22.3 Å². The van der Waals surface area contributed by atoms with E-state index in [-0.39, 0.29) is 0 Å². The van der Waals surface area contributed by atoms with Crippen molar-refractivity contribution in [1.29, 1.82) is 0 Å². The van der Waals surface area contributed by atoms with Gasteiger partial charge in [0.2, 0.25) is 0 Å². The van der Waals surface area contributed by atoms with Gasteiger partial charge in [-0.1, -0.05) is 200 Å². The number of aromatic nitrogens is 3. The highest BCUT2D eigenvalue weighted by atomic mass is 15.0. The predicted octanol–water partition coefficient (Wildman–Crippen LogP) is 14.3. The minimum atomic E-state index is -0.457. The molecule has 11 aromatic rings. The van der Waals surface area contributed by atoms with Gasteiger partial charge in [0.25, 0.3) is 0 Å². The zero-order valence-corrected chi connectivity index (χ0v) is 33.0. The third-order valence-corrected chi connectivity index (χ3v) is 13.1. The second-order valence-electron chi connectivity index (χ2n) is 16.3. The first-order valence-electron chi connectivity index (χ1n) is 20.9. The first-order chi connectivity index (χ1) is 30.2. The Bertz CT molecular complexity index is 3520. The normalized spacial score (nSPS) is 13.0. The molecule has 0 radical (unpaired) electrons. The average molecular weight is 774 g/mol. The van der Waals surface area contributed by atoms with Crippen LogP contribution in [0.15, 0.2) is 212 Å². The Labute approximate surface area is 353 Å². The van der Waals surface area contributed by atoms with Crippen molar-refractivity contribution in [2.24, 2.45) is 0 Å². The van der Waals surface area contributed by atoms with Crippen LogP contribution in [0.5, 0.6) is 0 Å². The standard InChI is InChI=1S/C58H35N3/c1-2-15-38(16-3-1)55-59-56(39-28-26-37(27-29-39)54-43-19-7-5-17-40(43)34-49-42-18-6-4-14-36(42)30-33-48(49)54)61-57(60-55)41-31-32-47-46-22-10-13-25-52(46)58(53(47)35-41)50-23-11-8-20-44(50)45-21-9-12-24-51(45)58/h1-35H. The van der Waals surface area contributed by atoms with Gasteiger partial charge in [-0.05, 0) is 100 Å². The predicted molar refractivity (Wildman–Crippen MR) is 250 cm³/mol. The van der Waals surface area contributed by atoms with Crippen LogP contribution in [0, 0.1) is 0 Å².